The van der Waals surface area contributed by atoms with E-state index in [1.807, 2.05) is 26.8 Å². The van der Waals surface area contributed by atoms with Crippen LogP contribution in [-0.4, -0.2) is 28.7 Å². The van der Waals surface area contributed by atoms with Gasteiger partial charge in [0.05, 0.1) is 17.0 Å². The molecule has 0 fully saturated rings. The van der Waals surface area contributed by atoms with Crippen molar-refractivity contribution < 1.29 is 17.6 Å². The van der Waals surface area contributed by atoms with Crippen LogP contribution in [0.25, 0.3) is 0 Å². The predicted molar refractivity (Wildman–Crippen MR) is 98.3 cm³/mol. The zero-order valence-electron chi connectivity index (χ0n) is 16.0. The summed E-state index contributed by atoms with van der Waals surface area (Å²) in [5.41, 5.74) is 1.32. The minimum atomic E-state index is -3.95. The van der Waals surface area contributed by atoms with Crippen molar-refractivity contribution in [2.24, 2.45) is 7.05 Å². The lowest BCUT2D eigenvalue weighted by Crippen LogP contribution is -2.41. The van der Waals surface area contributed by atoms with Gasteiger partial charge in [0, 0.05) is 18.2 Å². The van der Waals surface area contributed by atoms with Gasteiger partial charge in [-0.1, -0.05) is 20.8 Å². The second-order valence-electron chi connectivity index (χ2n) is 7.96. The molecule has 0 aliphatic carbocycles. The molecule has 1 heterocycles. The molecule has 0 saturated carbocycles. The predicted octanol–water partition coefficient (Wildman–Crippen LogP) is 3.22. The normalized spacial score (nSPS) is 13.0. The van der Waals surface area contributed by atoms with E-state index in [1.54, 1.807) is 11.7 Å². The number of halogens is 1. The number of hydrogen-bond donors (Lipinski definition) is 0. The molecule has 0 unspecified atom stereocenters. The van der Waals surface area contributed by atoms with Crippen molar-refractivity contribution in [1.82, 2.24) is 9.78 Å². The number of benzene rings is 1. The molecule has 0 saturated heterocycles. The van der Waals surface area contributed by atoms with Crippen molar-refractivity contribution in [3.63, 3.8) is 0 Å². The molecular weight excluding hydrogens is 355 g/mol. The van der Waals surface area contributed by atoms with Crippen LogP contribution in [-0.2, 0) is 33.5 Å². The van der Waals surface area contributed by atoms with Crippen LogP contribution < -0.4 is 0 Å². The zero-order valence-corrected chi connectivity index (χ0v) is 16.8. The van der Waals surface area contributed by atoms with Gasteiger partial charge in [0.25, 0.3) is 0 Å². The van der Waals surface area contributed by atoms with Crippen LogP contribution in [0.1, 0.15) is 46.0 Å². The second kappa shape index (κ2) is 6.61. The molecule has 5 nitrogen and oxygen atoms in total. The molecule has 0 aliphatic heterocycles. The van der Waals surface area contributed by atoms with Crippen LogP contribution in [0.5, 0.6) is 0 Å². The largest absolute Gasteiger partial charge is 0.298 e. The number of hydrogen-bond acceptors (Lipinski definition) is 4. The van der Waals surface area contributed by atoms with Gasteiger partial charge in [-0.05, 0) is 44.2 Å². The van der Waals surface area contributed by atoms with Gasteiger partial charge in [-0.15, -0.1) is 0 Å². The van der Waals surface area contributed by atoms with Crippen molar-refractivity contribution in [2.75, 3.05) is 0 Å². The van der Waals surface area contributed by atoms with Gasteiger partial charge < -0.3 is 0 Å². The number of rotatable bonds is 5. The van der Waals surface area contributed by atoms with E-state index in [1.165, 1.54) is 26.0 Å². The molecule has 0 bridgehead atoms. The molecule has 0 aliphatic rings. The fourth-order valence-electron chi connectivity index (χ4n) is 2.47. The summed E-state index contributed by atoms with van der Waals surface area (Å²) < 4.78 is 38.8. The van der Waals surface area contributed by atoms with Crippen LogP contribution >= 0.6 is 0 Å². The number of sulfone groups is 1. The first-order valence-electron chi connectivity index (χ1n) is 8.33. The summed E-state index contributed by atoms with van der Waals surface area (Å²) in [7, 11) is -2.22. The van der Waals surface area contributed by atoms with Gasteiger partial charge in [0.15, 0.2) is 15.6 Å². The molecule has 1 aromatic carbocycles. The summed E-state index contributed by atoms with van der Waals surface area (Å²) in [6.45, 7) is 8.82. The fraction of sp³-hybridized carbons (Fsp3) is 0.474. The number of carbonyl (C=O) groups excluding carboxylic acids is 1. The summed E-state index contributed by atoms with van der Waals surface area (Å²) in [5, 5.41) is 4.42. The van der Waals surface area contributed by atoms with E-state index < -0.39 is 26.2 Å². The number of carbonyl (C=O) groups is 1. The molecule has 0 N–H and O–H groups in total. The van der Waals surface area contributed by atoms with Crippen molar-refractivity contribution in [3.05, 3.63) is 47.5 Å². The van der Waals surface area contributed by atoms with Crippen LogP contribution in [0.4, 0.5) is 4.39 Å². The summed E-state index contributed by atoms with van der Waals surface area (Å²) in [6.07, 6.45) is -0.0486. The average molecular weight is 380 g/mol. The fourth-order valence-corrected chi connectivity index (χ4v) is 3.93. The first-order valence-corrected chi connectivity index (χ1v) is 9.82. The third-order valence-corrected chi connectivity index (χ3v) is 7.02. The van der Waals surface area contributed by atoms with E-state index in [-0.39, 0.29) is 16.7 Å². The van der Waals surface area contributed by atoms with Gasteiger partial charge in [0.1, 0.15) is 10.6 Å². The van der Waals surface area contributed by atoms with E-state index in [0.717, 1.165) is 17.8 Å². The van der Waals surface area contributed by atoms with Gasteiger partial charge in [-0.2, -0.15) is 5.10 Å². The van der Waals surface area contributed by atoms with Gasteiger partial charge in [0.2, 0.25) is 0 Å². The Morgan fingerprint density at radius 3 is 2.12 bits per heavy atom. The van der Waals surface area contributed by atoms with Crippen LogP contribution in [0, 0.1) is 5.82 Å². The quantitative estimate of drug-likeness (QED) is 0.747. The molecular formula is C19H25FN2O3S. The number of nitrogens with zero attached hydrogens (tertiary/aromatic N) is 2. The van der Waals surface area contributed by atoms with E-state index in [2.05, 4.69) is 5.10 Å². The Labute approximate surface area is 154 Å². The highest BCUT2D eigenvalue weighted by Crippen LogP contribution is 2.28. The maximum atomic E-state index is 13.1. The molecule has 0 amide bonds. The van der Waals surface area contributed by atoms with Gasteiger partial charge in [-0.25, -0.2) is 12.8 Å². The minimum absolute atomic E-state index is 0.0486. The Bertz CT molecular complexity index is 921. The molecule has 0 spiro atoms. The maximum absolute atomic E-state index is 13.1. The van der Waals surface area contributed by atoms with Crippen LogP contribution in [0.2, 0.25) is 0 Å². The van der Waals surface area contributed by atoms with E-state index in [0.29, 0.717) is 5.69 Å². The van der Waals surface area contributed by atoms with E-state index >= 15 is 0 Å². The highest BCUT2D eigenvalue weighted by molar-refractivity contribution is 7.93. The third kappa shape index (κ3) is 3.72. The van der Waals surface area contributed by atoms with Crippen LogP contribution in [0.15, 0.2) is 35.2 Å². The lowest BCUT2D eigenvalue weighted by atomic mass is 9.92. The Hall–Kier alpha value is -2.02. The molecule has 2 rings (SSSR count). The molecule has 1 aromatic heterocycles. The molecule has 142 valence electrons. The number of Topliss-reactive ketones (excluding diaryl/α,β-unsaturated/α-hetero) is 1. The first-order chi connectivity index (χ1) is 11.8. The Morgan fingerprint density at radius 2 is 1.65 bits per heavy atom. The first kappa shape index (κ1) is 20.3. The molecule has 2 aromatic rings. The highest BCUT2D eigenvalue weighted by atomic mass is 32.2. The second-order valence-corrected chi connectivity index (χ2v) is 10.5. The number of ketones is 1. The van der Waals surface area contributed by atoms with Crippen molar-refractivity contribution in [1.29, 1.82) is 0 Å². The third-order valence-electron chi connectivity index (χ3n) is 4.55. The lowest BCUT2D eigenvalue weighted by molar-refractivity contribution is -0.120. The summed E-state index contributed by atoms with van der Waals surface area (Å²) in [5.74, 6) is -0.969. The molecule has 0 atom stereocenters. The van der Waals surface area contributed by atoms with Gasteiger partial charge >= 0.3 is 0 Å². The standard InChI is InChI=1S/C19H25FN2O3S/c1-18(2,3)16-11-14(22(6)21-16)12-17(23)19(4,5)26(24,25)15-9-7-13(20)8-10-15/h7-11H,12H2,1-6H3. The maximum Gasteiger partial charge on any atom is 0.190 e. The Kier molecular flexibility index (Phi) is 5.16. The summed E-state index contributed by atoms with van der Waals surface area (Å²) in [4.78, 5) is 12.8. The molecule has 26 heavy (non-hydrogen) atoms. The van der Waals surface area contributed by atoms with E-state index in [9.17, 15) is 17.6 Å². The molecule has 0 radical (unpaired) electrons. The van der Waals surface area contributed by atoms with Crippen LogP contribution in [0.3, 0.4) is 0 Å². The zero-order chi connectivity index (χ0) is 19.9. The highest BCUT2D eigenvalue weighted by Gasteiger charge is 2.42. The molecule has 7 heteroatoms. The number of aromatic nitrogens is 2. The Morgan fingerprint density at radius 1 is 1.12 bits per heavy atom. The van der Waals surface area contributed by atoms with E-state index in [4.69, 9.17) is 0 Å². The van der Waals surface area contributed by atoms with Crippen molar-refractivity contribution in [2.45, 2.75) is 56.1 Å². The Balaban J connectivity index is 2.33. The monoisotopic (exact) mass is 380 g/mol. The van der Waals surface area contributed by atoms with Gasteiger partial charge in [-0.3, -0.25) is 9.48 Å². The average Bonchev–Trinajstić information content (AvgIpc) is 2.88. The topological polar surface area (TPSA) is 69.0 Å². The lowest BCUT2D eigenvalue weighted by Gasteiger charge is -2.23. The SMILES string of the molecule is Cn1nc(C(C)(C)C)cc1CC(=O)C(C)(C)S(=O)(=O)c1ccc(F)cc1. The minimum Gasteiger partial charge on any atom is -0.298 e. The smallest absolute Gasteiger partial charge is 0.190 e. The number of aryl methyl sites for hydroxylation is 1. The van der Waals surface area contributed by atoms with Crippen molar-refractivity contribution in [3.8, 4) is 0 Å². The summed E-state index contributed by atoms with van der Waals surface area (Å²) >= 11 is 0. The van der Waals surface area contributed by atoms with Crippen molar-refractivity contribution >= 4 is 15.6 Å². The summed E-state index contributed by atoms with van der Waals surface area (Å²) in [6, 6.07) is 6.34.